The Bertz CT molecular complexity index is 396. The van der Waals surface area contributed by atoms with Crippen LogP contribution in [0.15, 0.2) is 24.8 Å². The Balaban J connectivity index is 0.000000705. The fourth-order valence-electron chi connectivity index (χ4n) is 4.47. The molecular weight excluding hydrogens is 320 g/mol. The lowest BCUT2D eigenvalue weighted by Gasteiger charge is -2.39. The molecule has 2 rings (SSSR count). The standard InChI is InChI=1S/C18H31F2N.C3H4O/c1-21(2)17-12-10-16(11-13-17)15-8-6-14(7-9-15)4-3-5-18(19)20;1-2-3-4/h5,14-17H,3-4,6-13H2,1-2H3;2-3H,1H2. The molecule has 0 radical (unpaired) electrons. The highest BCUT2D eigenvalue weighted by molar-refractivity contribution is 5.63. The summed E-state index contributed by atoms with van der Waals surface area (Å²) in [5.41, 5.74) is 0. The lowest BCUT2D eigenvalue weighted by molar-refractivity contribution is -0.104. The van der Waals surface area contributed by atoms with Gasteiger partial charge in [-0.15, -0.1) is 0 Å². The van der Waals surface area contributed by atoms with E-state index in [2.05, 4.69) is 25.6 Å². The zero-order valence-electron chi connectivity index (χ0n) is 15.9. The number of nitrogens with zero attached hydrogens (tertiary/aromatic N) is 1. The van der Waals surface area contributed by atoms with Crippen molar-refractivity contribution < 1.29 is 13.6 Å². The van der Waals surface area contributed by atoms with E-state index < -0.39 is 6.08 Å². The predicted octanol–water partition coefficient (Wildman–Crippen LogP) is 5.85. The Kier molecular flexibility index (Phi) is 10.9. The van der Waals surface area contributed by atoms with Crippen LogP contribution in [0.5, 0.6) is 0 Å². The highest BCUT2D eigenvalue weighted by Gasteiger charge is 2.31. The Morgan fingerprint density at radius 2 is 1.48 bits per heavy atom. The molecule has 2 fully saturated rings. The fourth-order valence-corrected chi connectivity index (χ4v) is 4.47. The van der Waals surface area contributed by atoms with E-state index in [0.717, 1.165) is 30.4 Å². The van der Waals surface area contributed by atoms with Gasteiger partial charge in [-0.2, -0.15) is 8.78 Å². The molecule has 4 heteroatoms. The molecule has 0 aliphatic heterocycles. The Hall–Kier alpha value is -1.03. The Morgan fingerprint density at radius 1 is 1.00 bits per heavy atom. The van der Waals surface area contributed by atoms with E-state index in [-0.39, 0.29) is 0 Å². The van der Waals surface area contributed by atoms with Crippen LogP contribution in [0.2, 0.25) is 0 Å². The SMILES string of the molecule is C=CC=O.CN(C)C1CCC(C2CCC(CCC=C(F)F)CC2)CC1. The van der Waals surface area contributed by atoms with Gasteiger partial charge in [0.1, 0.15) is 6.29 Å². The lowest BCUT2D eigenvalue weighted by Crippen LogP contribution is -2.34. The van der Waals surface area contributed by atoms with Crippen molar-refractivity contribution in [2.45, 2.75) is 70.3 Å². The van der Waals surface area contributed by atoms with Crippen molar-refractivity contribution >= 4 is 6.29 Å². The monoisotopic (exact) mass is 355 g/mol. The number of aldehydes is 1. The normalized spacial score (nSPS) is 29.3. The van der Waals surface area contributed by atoms with Gasteiger partial charge in [0.15, 0.2) is 0 Å². The second-order valence-electron chi connectivity index (χ2n) is 7.76. The van der Waals surface area contributed by atoms with Gasteiger partial charge in [-0.25, -0.2) is 0 Å². The third kappa shape index (κ3) is 8.75. The molecule has 0 bridgehead atoms. The van der Waals surface area contributed by atoms with Crippen molar-refractivity contribution in [2.24, 2.45) is 17.8 Å². The molecule has 144 valence electrons. The minimum absolute atomic E-state index is 0.561. The maximum Gasteiger partial charge on any atom is 0.266 e. The smallest absolute Gasteiger partial charge is 0.266 e. The van der Waals surface area contributed by atoms with Gasteiger partial charge in [0.25, 0.3) is 6.08 Å². The zero-order chi connectivity index (χ0) is 18.7. The molecule has 0 aromatic carbocycles. The molecule has 2 nitrogen and oxygen atoms in total. The van der Waals surface area contributed by atoms with Crippen molar-refractivity contribution in [3.05, 3.63) is 24.8 Å². The number of carbonyl (C=O) groups excluding carboxylic acids is 1. The molecule has 2 aliphatic rings. The molecule has 0 amide bonds. The summed E-state index contributed by atoms with van der Waals surface area (Å²) in [4.78, 5) is 11.4. The maximum absolute atomic E-state index is 12.0. The molecule has 0 aromatic heterocycles. The van der Waals surface area contributed by atoms with Gasteiger partial charge >= 0.3 is 0 Å². The largest absolute Gasteiger partial charge is 0.306 e. The third-order valence-electron chi connectivity index (χ3n) is 6.00. The van der Waals surface area contributed by atoms with Gasteiger partial charge < -0.3 is 4.90 Å². The van der Waals surface area contributed by atoms with Gasteiger partial charge in [-0.05, 0) is 95.4 Å². The summed E-state index contributed by atoms with van der Waals surface area (Å²) in [5, 5.41) is 0. The molecule has 2 aliphatic carbocycles. The summed E-state index contributed by atoms with van der Waals surface area (Å²) in [5.74, 6) is 2.54. The van der Waals surface area contributed by atoms with Gasteiger partial charge in [0.2, 0.25) is 0 Å². The van der Waals surface area contributed by atoms with Crippen LogP contribution in [-0.4, -0.2) is 31.3 Å². The van der Waals surface area contributed by atoms with Crippen LogP contribution in [-0.2, 0) is 4.79 Å². The first-order valence-electron chi connectivity index (χ1n) is 9.71. The number of carbonyl (C=O) groups is 1. The number of rotatable bonds is 6. The third-order valence-corrected chi connectivity index (χ3v) is 6.00. The highest BCUT2D eigenvalue weighted by Crippen LogP contribution is 2.41. The summed E-state index contributed by atoms with van der Waals surface area (Å²) >= 11 is 0. The number of halogens is 2. The van der Waals surface area contributed by atoms with Crippen molar-refractivity contribution in [1.29, 1.82) is 0 Å². The van der Waals surface area contributed by atoms with E-state index in [0.29, 0.717) is 18.6 Å². The molecule has 0 atom stereocenters. The van der Waals surface area contributed by atoms with Crippen molar-refractivity contribution in [3.8, 4) is 0 Å². The van der Waals surface area contributed by atoms with Crippen LogP contribution in [0.3, 0.4) is 0 Å². The number of hydrogen-bond donors (Lipinski definition) is 0. The summed E-state index contributed by atoms with van der Waals surface area (Å²) in [6.45, 7) is 3.11. The van der Waals surface area contributed by atoms with E-state index in [9.17, 15) is 8.78 Å². The van der Waals surface area contributed by atoms with Crippen molar-refractivity contribution in [3.63, 3.8) is 0 Å². The lowest BCUT2D eigenvalue weighted by atomic mass is 9.69. The molecule has 0 saturated heterocycles. The topological polar surface area (TPSA) is 20.3 Å². The summed E-state index contributed by atoms with van der Waals surface area (Å²) in [7, 11) is 4.40. The average molecular weight is 356 g/mol. The zero-order valence-corrected chi connectivity index (χ0v) is 15.9. The van der Waals surface area contributed by atoms with Gasteiger partial charge in [0, 0.05) is 6.04 Å². The van der Waals surface area contributed by atoms with Crippen molar-refractivity contribution in [1.82, 2.24) is 4.90 Å². The molecule has 0 heterocycles. The molecular formula is C21H35F2NO. The van der Waals surface area contributed by atoms with Gasteiger partial charge in [-0.1, -0.05) is 19.4 Å². The van der Waals surface area contributed by atoms with Crippen LogP contribution in [0.1, 0.15) is 64.2 Å². The van der Waals surface area contributed by atoms with E-state index in [4.69, 9.17) is 4.79 Å². The van der Waals surface area contributed by atoms with Crippen LogP contribution in [0.4, 0.5) is 8.78 Å². The quantitative estimate of drug-likeness (QED) is 0.440. The van der Waals surface area contributed by atoms with Crippen LogP contribution in [0, 0.1) is 17.8 Å². The molecule has 2 saturated carbocycles. The maximum atomic E-state index is 12.0. The van der Waals surface area contributed by atoms with Crippen LogP contribution < -0.4 is 0 Å². The molecule has 0 aromatic rings. The first kappa shape index (κ1) is 22.0. The molecule has 0 unspecified atom stereocenters. The summed E-state index contributed by atoms with van der Waals surface area (Å²) in [6, 6.07) is 0.792. The van der Waals surface area contributed by atoms with E-state index in [1.54, 1.807) is 0 Å². The van der Waals surface area contributed by atoms with Crippen LogP contribution >= 0.6 is 0 Å². The second-order valence-corrected chi connectivity index (χ2v) is 7.76. The number of allylic oxidation sites excluding steroid dienone is 2. The van der Waals surface area contributed by atoms with Gasteiger partial charge in [0.05, 0.1) is 0 Å². The minimum Gasteiger partial charge on any atom is -0.306 e. The molecule has 25 heavy (non-hydrogen) atoms. The van der Waals surface area contributed by atoms with E-state index in [1.807, 2.05) is 0 Å². The van der Waals surface area contributed by atoms with Crippen molar-refractivity contribution in [2.75, 3.05) is 14.1 Å². The highest BCUT2D eigenvalue weighted by atomic mass is 19.3. The minimum atomic E-state index is -1.51. The molecule has 0 spiro atoms. The first-order valence-corrected chi connectivity index (χ1v) is 9.71. The van der Waals surface area contributed by atoms with Gasteiger partial charge in [-0.3, -0.25) is 4.79 Å². The average Bonchev–Trinajstić information content (AvgIpc) is 2.62. The Labute approximate surface area is 152 Å². The predicted molar refractivity (Wildman–Crippen MR) is 101 cm³/mol. The number of hydrogen-bond acceptors (Lipinski definition) is 2. The van der Waals surface area contributed by atoms with Crippen LogP contribution in [0.25, 0.3) is 0 Å². The van der Waals surface area contributed by atoms with E-state index >= 15 is 0 Å². The Morgan fingerprint density at radius 3 is 1.88 bits per heavy atom. The van der Waals surface area contributed by atoms with E-state index in [1.165, 1.54) is 57.4 Å². The summed E-state index contributed by atoms with van der Waals surface area (Å²) in [6.07, 6.45) is 13.6. The fraction of sp³-hybridized carbons (Fsp3) is 0.762. The summed E-state index contributed by atoms with van der Waals surface area (Å²) < 4.78 is 24.1. The molecule has 0 N–H and O–H groups in total. The second kappa shape index (κ2) is 12.3. The first-order chi connectivity index (χ1) is 12.0.